The predicted molar refractivity (Wildman–Crippen MR) is 123 cm³/mol. The van der Waals surface area contributed by atoms with Crippen LogP contribution in [0.25, 0.3) is 5.69 Å². The molecule has 3 aromatic rings. The number of aromatic nitrogens is 2. The van der Waals surface area contributed by atoms with Crippen molar-refractivity contribution >= 4 is 0 Å². The lowest BCUT2D eigenvalue weighted by Gasteiger charge is -2.26. The summed E-state index contributed by atoms with van der Waals surface area (Å²) in [6, 6.07) is 15.6. The van der Waals surface area contributed by atoms with E-state index >= 15 is 0 Å². The van der Waals surface area contributed by atoms with Gasteiger partial charge in [-0.2, -0.15) is 10.4 Å². The molecule has 33 heavy (non-hydrogen) atoms. The molecule has 0 radical (unpaired) electrons. The topological polar surface area (TPSA) is 105 Å². The van der Waals surface area contributed by atoms with E-state index < -0.39 is 5.92 Å². The SMILES string of the molecule is CCCc1nn(-c2ccccc2)c2c1C(c1cc(OC)c(OC)c(OC)c1)C(C#N)=C(N)O2. The zero-order chi connectivity index (χ0) is 23.5. The van der Waals surface area contributed by atoms with Gasteiger partial charge >= 0.3 is 0 Å². The van der Waals surface area contributed by atoms with Crippen molar-refractivity contribution in [3.8, 4) is 34.9 Å². The molecule has 0 saturated carbocycles. The molecule has 0 amide bonds. The number of nitriles is 1. The Morgan fingerprint density at radius 2 is 1.76 bits per heavy atom. The maximum absolute atomic E-state index is 10.0. The fraction of sp³-hybridized carbons (Fsp3) is 0.280. The van der Waals surface area contributed by atoms with Crippen molar-refractivity contribution in [2.45, 2.75) is 25.7 Å². The highest BCUT2D eigenvalue weighted by Crippen LogP contribution is 2.48. The van der Waals surface area contributed by atoms with E-state index in [0.717, 1.165) is 28.9 Å². The Balaban J connectivity index is 2.01. The number of benzene rings is 2. The second-order valence-corrected chi connectivity index (χ2v) is 7.55. The van der Waals surface area contributed by atoms with Gasteiger partial charge in [0.15, 0.2) is 11.5 Å². The summed E-state index contributed by atoms with van der Waals surface area (Å²) in [4.78, 5) is 0. The largest absolute Gasteiger partial charge is 0.493 e. The molecule has 4 rings (SSSR count). The number of aryl methyl sites for hydroxylation is 1. The molecule has 170 valence electrons. The van der Waals surface area contributed by atoms with Crippen molar-refractivity contribution in [3.05, 3.63) is 70.7 Å². The van der Waals surface area contributed by atoms with Crippen LogP contribution < -0.4 is 24.7 Å². The van der Waals surface area contributed by atoms with Crippen LogP contribution in [-0.2, 0) is 6.42 Å². The van der Waals surface area contributed by atoms with Gasteiger partial charge in [-0.25, -0.2) is 4.68 Å². The van der Waals surface area contributed by atoms with Crippen molar-refractivity contribution in [1.29, 1.82) is 5.26 Å². The maximum Gasteiger partial charge on any atom is 0.229 e. The number of para-hydroxylation sites is 1. The van der Waals surface area contributed by atoms with Gasteiger partial charge in [0.05, 0.1) is 44.2 Å². The van der Waals surface area contributed by atoms with Gasteiger partial charge in [-0.1, -0.05) is 31.5 Å². The van der Waals surface area contributed by atoms with E-state index in [1.807, 2.05) is 42.5 Å². The molecule has 1 unspecified atom stereocenters. The Labute approximate surface area is 192 Å². The van der Waals surface area contributed by atoms with Gasteiger partial charge in [-0.15, -0.1) is 0 Å². The quantitative estimate of drug-likeness (QED) is 0.583. The van der Waals surface area contributed by atoms with Crippen molar-refractivity contribution in [2.24, 2.45) is 5.73 Å². The molecule has 1 aromatic heterocycles. The van der Waals surface area contributed by atoms with Crippen LogP contribution in [0.1, 0.15) is 36.1 Å². The van der Waals surface area contributed by atoms with Gasteiger partial charge in [-0.05, 0) is 36.2 Å². The van der Waals surface area contributed by atoms with E-state index in [9.17, 15) is 5.26 Å². The zero-order valence-electron chi connectivity index (χ0n) is 19.1. The highest BCUT2D eigenvalue weighted by atomic mass is 16.5. The Bertz CT molecular complexity index is 1220. The zero-order valence-corrected chi connectivity index (χ0v) is 19.1. The van der Waals surface area contributed by atoms with Crippen LogP contribution in [0.2, 0.25) is 0 Å². The summed E-state index contributed by atoms with van der Waals surface area (Å²) in [7, 11) is 4.66. The monoisotopic (exact) mass is 446 g/mol. The van der Waals surface area contributed by atoms with Gasteiger partial charge in [0.2, 0.25) is 17.5 Å². The number of hydrogen-bond donors (Lipinski definition) is 1. The van der Waals surface area contributed by atoms with Gasteiger partial charge in [0.1, 0.15) is 11.6 Å². The average Bonchev–Trinajstić information content (AvgIpc) is 3.20. The van der Waals surface area contributed by atoms with Crippen LogP contribution in [-0.4, -0.2) is 31.1 Å². The summed E-state index contributed by atoms with van der Waals surface area (Å²) in [5, 5.41) is 14.9. The van der Waals surface area contributed by atoms with Crippen molar-refractivity contribution in [1.82, 2.24) is 9.78 Å². The Morgan fingerprint density at radius 1 is 1.09 bits per heavy atom. The highest BCUT2D eigenvalue weighted by molar-refractivity contribution is 5.62. The molecule has 8 nitrogen and oxygen atoms in total. The molecule has 0 bridgehead atoms. The van der Waals surface area contributed by atoms with E-state index in [1.54, 1.807) is 26.0 Å². The van der Waals surface area contributed by atoms with E-state index in [2.05, 4.69) is 13.0 Å². The molecule has 0 aliphatic carbocycles. The minimum atomic E-state index is -0.508. The van der Waals surface area contributed by atoms with Crippen LogP contribution in [0, 0.1) is 11.3 Å². The first-order chi connectivity index (χ1) is 16.1. The molecular formula is C25H26N4O4. The number of ether oxygens (including phenoxy) is 4. The maximum atomic E-state index is 10.0. The van der Waals surface area contributed by atoms with Gasteiger partial charge in [0, 0.05) is 0 Å². The van der Waals surface area contributed by atoms with Crippen LogP contribution in [0.3, 0.4) is 0 Å². The molecule has 0 spiro atoms. The summed E-state index contributed by atoms with van der Waals surface area (Å²) < 4.78 is 24.3. The minimum Gasteiger partial charge on any atom is -0.493 e. The standard InChI is InChI=1S/C25H26N4O4/c1-5-9-18-22-21(15-12-19(30-2)23(32-4)20(13-15)31-3)17(14-26)24(27)33-25(22)29(28-18)16-10-7-6-8-11-16/h6-8,10-13,21H,5,9,27H2,1-4H3. The predicted octanol–water partition coefficient (Wildman–Crippen LogP) is 4.07. The first-order valence-corrected chi connectivity index (χ1v) is 10.6. The molecule has 2 N–H and O–H groups in total. The number of nitrogens with two attached hydrogens (primary N) is 1. The van der Waals surface area contributed by atoms with Crippen molar-refractivity contribution < 1.29 is 18.9 Å². The van der Waals surface area contributed by atoms with Crippen molar-refractivity contribution in [3.63, 3.8) is 0 Å². The van der Waals surface area contributed by atoms with Gasteiger partial charge in [-0.3, -0.25) is 0 Å². The Morgan fingerprint density at radius 3 is 2.30 bits per heavy atom. The summed E-state index contributed by atoms with van der Waals surface area (Å²) in [6.45, 7) is 2.08. The number of fused-ring (bicyclic) bond motifs is 1. The third-order valence-corrected chi connectivity index (χ3v) is 5.63. The Hall–Kier alpha value is -4.12. The van der Waals surface area contributed by atoms with E-state index in [0.29, 0.717) is 35.1 Å². The van der Waals surface area contributed by atoms with Gasteiger partial charge < -0.3 is 24.7 Å². The molecule has 1 aliphatic heterocycles. The third-order valence-electron chi connectivity index (χ3n) is 5.63. The second-order valence-electron chi connectivity index (χ2n) is 7.55. The lowest BCUT2D eigenvalue weighted by molar-refractivity contribution is 0.323. The first-order valence-electron chi connectivity index (χ1n) is 10.6. The summed E-state index contributed by atoms with van der Waals surface area (Å²) in [5.41, 5.74) is 9.83. The number of hydrogen-bond acceptors (Lipinski definition) is 7. The lowest BCUT2D eigenvalue weighted by Crippen LogP contribution is -2.22. The van der Waals surface area contributed by atoms with Gasteiger partial charge in [0.25, 0.3) is 0 Å². The fourth-order valence-corrected chi connectivity index (χ4v) is 4.18. The molecule has 2 heterocycles. The smallest absolute Gasteiger partial charge is 0.229 e. The Kier molecular flexibility index (Phi) is 6.13. The fourth-order valence-electron chi connectivity index (χ4n) is 4.18. The average molecular weight is 447 g/mol. The number of allylic oxidation sites excluding steroid dienone is 1. The molecule has 2 aromatic carbocycles. The first kappa shape index (κ1) is 22.1. The second kappa shape index (κ2) is 9.17. The number of rotatable bonds is 7. The molecule has 0 fully saturated rings. The van der Waals surface area contributed by atoms with Crippen LogP contribution in [0.15, 0.2) is 53.9 Å². The molecule has 8 heteroatoms. The van der Waals surface area contributed by atoms with Crippen LogP contribution >= 0.6 is 0 Å². The summed E-state index contributed by atoms with van der Waals surface area (Å²) in [6.07, 6.45) is 1.59. The van der Waals surface area contributed by atoms with E-state index in [4.69, 9.17) is 29.8 Å². The summed E-state index contributed by atoms with van der Waals surface area (Å²) in [5.74, 6) is 1.49. The van der Waals surface area contributed by atoms with Crippen LogP contribution in [0.5, 0.6) is 23.1 Å². The molecule has 1 atom stereocenters. The molecular weight excluding hydrogens is 420 g/mol. The number of nitrogens with zero attached hydrogens (tertiary/aromatic N) is 3. The van der Waals surface area contributed by atoms with Crippen molar-refractivity contribution in [2.75, 3.05) is 21.3 Å². The number of methoxy groups -OCH3 is 3. The highest BCUT2D eigenvalue weighted by Gasteiger charge is 2.37. The minimum absolute atomic E-state index is 0.0453. The third kappa shape index (κ3) is 3.72. The molecule has 0 saturated heterocycles. The van der Waals surface area contributed by atoms with E-state index in [1.165, 1.54) is 0 Å². The summed E-state index contributed by atoms with van der Waals surface area (Å²) >= 11 is 0. The molecule has 1 aliphatic rings. The lowest BCUT2D eigenvalue weighted by atomic mass is 9.83. The van der Waals surface area contributed by atoms with E-state index in [-0.39, 0.29) is 5.88 Å². The normalized spacial score (nSPS) is 14.8. The van der Waals surface area contributed by atoms with Crippen LogP contribution in [0.4, 0.5) is 0 Å².